The molecule has 1 amide bonds. The second-order valence-corrected chi connectivity index (χ2v) is 16.0. The highest BCUT2D eigenvalue weighted by atomic mass is 35.5. The van der Waals surface area contributed by atoms with E-state index in [1.165, 1.54) is 108 Å². The molecule has 0 unspecified atom stereocenters. The fourth-order valence-electron chi connectivity index (χ4n) is 9.11. The number of aromatic nitrogens is 4. The van der Waals surface area contributed by atoms with Gasteiger partial charge in [0.2, 0.25) is 6.10 Å². The Morgan fingerprint density at radius 1 is 0.946 bits per heavy atom. The van der Waals surface area contributed by atoms with Crippen molar-refractivity contribution in [2.75, 3.05) is 56.9 Å². The number of nitrogens with one attached hydrogen (secondary N) is 2. The SMILES string of the molecule is Cl.Nc1ncc(-c2cnn(C3CCN(CCC4CCN(C5CC6(CCNCC6)C5)CC4)CC3)c2)nc1C(=O)O[C@@H](C(=O)Nc1ccc(F)cc1)c1ccccc1. The summed E-state index contributed by atoms with van der Waals surface area (Å²) in [7, 11) is 0. The predicted octanol–water partition coefficient (Wildman–Crippen LogP) is 6.29. The molecule has 1 saturated carbocycles. The van der Waals surface area contributed by atoms with Crippen LogP contribution in [-0.4, -0.2) is 93.3 Å². The van der Waals surface area contributed by atoms with Crippen molar-refractivity contribution < 1.29 is 18.7 Å². The van der Waals surface area contributed by atoms with Crippen molar-refractivity contribution >= 4 is 35.8 Å². The van der Waals surface area contributed by atoms with Gasteiger partial charge in [0.05, 0.1) is 24.1 Å². The number of benzene rings is 2. The first kappa shape index (κ1) is 39.8. The van der Waals surface area contributed by atoms with Crippen LogP contribution in [0.25, 0.3) is 11.3 Å². The molecule has 1 spiro atoms. The number of esters is 1. The van der Waals surface area contributed by atoms with Gasteiger partial charge < -0.3 is 30.9 Å². The summed E-state index contributed by atoms with van der Waals surface area (Å²) < 4.78 is 21.2. The van der Waals surface area contributed by atoms with Gasteiger partial charge in [0.1, 0.15) is 5.82 Å². The zero-order valence-corrected chi connectivity index (χ0v) is 32.6. The van der Waals surface area contributed by atoms with Gasteiger partial charge in [0, 0.05) is 42.1 Å². The maximum atomic E-state index is 13.5. The van der Waals surface area contributed by atoms with Crippen molar-refractivity contribution in [1.82, 2.24) is 34.9 Å². The number of carbonyl (C=O) groups excluding carboxylic acids is 2. The highest BCUT2D eigenvalue weighted by Gasteiger charge is 2.47. The van der Waals surface area contributed by atoms with E-state index in [0.29, 0.717) is 27.9 Å². The lowest BCUT2D eigenvalue weighted by molar-refractivity contribution is -0.125. The zero-order valence-electron chi connectivity index (χ0n) is 31.8. The van der Waals surface area contributed by atoms with E-state index in [0.717, 1.165) is 37.9 Å². The molecule has 1 aliphatic carbocycles. The van der Waals surface area contributed by atoms with E-state index in [-0.39, 0.29) is 30.0 Å². The largest absolute Gasteiger partial charge is 0.442 e. The second-order valence-electron chi connectivity index (χ2n) is 16.0. The molecule has 4 fully saturated rings. The molecular weight excluding hydrogens is 733 g/mol. The first-order valence-corrected chi connectivity index (χ1v) is 20.0. The van der Waals surface area contributed by atoms with Gasteiger partial charge in [-0.1, -0.05) is 30.3 Å². The first-order chi connectivity index (χ1) is 26.8. The highest BCUT2D eigenvalue weighted by Crippen LogP contribution is 2.50. The molecule has 298 valence electrons. The number of likely N-dealkylation sites (tertiary alicyclic amines) is 2. The fourth-order valence-corrected chi connectivity index (χ4v) is 9.11. The topological polar surface area (TPSA) is 144 Å². The maximum Gasteiger partial charge on any atom is 0.361 e. The summed E-state index contributed by atoms with van der Waals surface area (Å²) in [6.45, 7) is 8.23. The van der Waals surface area contributed by atoms with Crippen molar-refractivity contribution in [3.8, 4) is 11.3 Å². The van der Waals surface area contributed by atoms with Gasteiger partial charge in [-0.3, -0.25) is 9.48 Å². The molecule has 8 rings (SSSR count). The van der Waals surface area contributed by atoms with Crippen LogP contribution in [0.3, 0.4) is 0 Å². The Hall–Kier alpha value is -4.43. The zero-order chi connectivity index (χ0) is 37.8. The van der Waals surface area contributed by atoms with Crippen molar-refractivity contribution in [2.24, 2.45) is 11.3 Å². The van der Waals surface area contributed by atoms with Crippen molar-refractivity contribution in [3.63, 3.8) is 0 Å². The van der Waals surface area contributed by atoms with Crippen LogP contribution in [0.1, 0.15) is 86.0 Å². The maximum absolute atomic E-state index is 13.5. The van der Waals surface area contributed by atoms with Crippen LogP contribution >= 0.6 is 12.4 Å². The lowest BCUT2D eigenvalue weighted by Gasteiger charge is -2.55. The normalized spacial score (nSPS) is 20.2. The molecule has 4 aliphatic rings. The van der Waals surface area contributed by atoms with Gasteiger partial charge in [-0.2, -0.15) is 5.10 Å². The molecule has 3 saturated heterocycles. The number of hydrogen-bond acceptors (Lipinski definition) is 10. The third kappa shape index (κ3) is 9.23. The fraction of sp³-hybridized carbons (Fsp3) is 0.500. The Morgan fingerprint density at radius 3 is 2.38 bits per heavy atom. The smallest absolute Gasteiger partial charge is 0.361 e. The molecule has 1 atom stereocenters. The van der Waals surface area contributed by atoms with Crippen LogP contribution in [0.5, 0.6) is 0 Å². The number of anilines is 2. The minimum absolute atomic E-state index is 0. The van der Waals surface area contributed by atoms with Crippen LogP contribution in [0, 0.1) is 17.2 Å². The standard InChI is InChI=1S/C42H52FN9O3.ClH/c43-32-6-8-33(9-7-32)48-40(53)38(30-4-2-1-3-5-30)55-41(54)37-39(44)46-27-36(49-37)31-26-47-52(28-31)34-13-20-50(21-14-34)19-10-29-11-22-51(23-12-29)35-24-42(25-35)15-17-45-18-16-42;/h1-9,26-29,34-35,38,45H,10-25H2,(H2,44,46)(H,48,53);1H/t38-;/m1./s1. The number of hydrogen-bond donors (Lipinski definition) is 3. The van der Waals surface area contributed by atoms with Gasteiger partial charge in [0.15, 0.2) is 11.5 Å². The quantitative estimate of drug-likeness (QED) is 0.149. The average molecular weight is 786 g/mol. The van der Waals surface area contributed by atoms with Crippen LogP contribution < -0.4 is 16.4 Å². The summed E-state index contributed by atoms with van der Waals surface area (Å²) in [4.78, 5) is 41.0. The first-order valence-electron chi connectivity index (χ1n) is 20.0. The van der Waals surface area contributed by atoms with Crippen molar-refractivity contribution in [1.29, 1.82) is 0 Å². The molecule has 3 aliphatic heterocycles. The molecule has 2 aromatic heterocycles. The van der Waals surface area contributed by atoms with Gasteiger partial charge in [0.25, 0.3) is 5.91 Å². The van der Waals surface area contributed by atoms with E-state index in [1.54, 1.807) is 36.5 Å². The van der Waals surface area contributed by atoms with E-state index in [4.69, 9.17) is 10.5 Å². The molecular formula is C42H53ClFN9O3. The van der Waals surface area contributed by atoms with E-state index in [2.05, 4.69) is 35.5 Å². The predicted molar refractivity (Wildman–Crippen MR) is 216 cm³/mol. The Labute approximate surface area is 334 Å². The molecule has 0 bridgehead atoms. The van der Waals surface area contributed by atoms with Crippen molar-refractivity contribution in [2.45, 2.75) is 76.0 Å². The monoisotopic (exact) mass is 785 g/mol. The number of amides is 1. The molecule has 0 radical (unpaired) electrons. The highest BCUT2D eigenvalue weighted by molar-refractivity contribution is 5.99. The molecule has 12 nitrogen and oxygen atoms in total. The molecule has 4 aromatic rings. The summed E-state index contributed by atoms with van der Waals surface area (Å²) in [5.74, 6) is -1.23. The molecule has 14 heteroatoms. The minimum atomic E-state index is -1.32. The Kier molecular flexibility index (Phi) is 12.6. The van der Waals surface area contributed by atoms with E-state index in [9.17, 15) is 14.0 Å². The lowest BCUT2D eigenvalue weighted by Crippen LogP contribution is -2.56. The minimum Gasteiger partial charge on any atom is -0.442 e. The molecule has 2 aromatic carbocycles. The summed E-state index contributed by atoms with van der Waals surface area (Å²) in [6.07, 6.45) is 15.5. The number of piperidine rings is 3. The summed E-state index contributed by atoms with van der Waals surface area (Å²) in [5, 5.41) is 10.9. The Morgan fingerprint density at radius 2 is 1.66 bits per heavy atom. The van der Waals surface area contributed by atoms with Crippen LogP contribution in [0.4, 0.5) is 15.9 Å². The Balaban J connectivity index is 0.00000480. The Bertz CT molecular complexity index is 1920. The molecule has 5 heterocycles. The van der Waals surface area contributed by atoms with Crippen LogP contribution in [0.2, 0.25) is 0 Å². The summed E-state index contributed by atoms with van der Waals surface area (Å²) >= 11 is 0. The summed E-state index contributed by atoms with van der Waals surface area (Å²) in [6, 6.07) is 15.0. The van der Waals surface area contributed by atoms with Crippen LogP contribution in [0.15, 0.2) is 73.2 Å². The molecule has 4 N–H and O–H groups in total. The number of carbonyl (C=O) groups is 2. The number of halogens is 2. The summed E-state index contributed by atoms with van der Waals surface area (Å²) in [5.41, 5.74) is 8.50. The number of ether oxygens (including phenoxy) is 1. The van der Waals surface area contributed by atoms with Crippen molar-refractivity contribution in [3.05, 3.63) is 90.3 Å². The third-order valence-corrected chi connectivity index (χ3v) is 12.5. The number of nitrogens with two attached hydrogens (primary N) is 1. The van der Waals surface area contributed by atoms with E-state index in [1.807, 2.05) is 10.9 Å². The number of nitrogen functional groups attached to an aromatic ring is 1. The number of rotatable bonds is 11. The van der Waals surface area contributed by atoms with Gasteiger partial charge in [-0.15, -0.1) is 12.4 Å². The van der Waals surface area contributed by atoms with Crippen LogP contribution in [-0.2, 0) is 9.53 Å². The van der Waals surface area contributed by atoms with Gasteiger partial charge >= 0.3 is 5.97 Å². The number of nitrogens with zero attached hydrogens (tertiary/aromatic N) is 6. The van der Waals surface area contributed by atoms with Gasteiger partial charge in [-0.05, 0) is 126 Å². The van der Waals surface area contributed by atoms with Gasteiger partial charge in [-0.25, -0.2) is 19.2 Å². The average Bonchev–Trinajstić information content (AvgIpc) is 3.71. The molecule has 56 heavy (non-hydrogen) atoms. The third-order valence-electron chi connectivity index (χ3n) is 12.5. The van der Waals surface area contributed by atoms with E-state index < -0.39 is 23.8 Å². The van der Waals surface area contributed by atoms with E-state index >= 15 is 0 Å². The second kappa shape index (κ2) is 17.8. The lowest BCUT2D eigenvalue weighted by atomic mass is 9.60.